The molecule has 1 saturated heterocycles. The van der Waals surface area contributed by atoms with Gasteiger partial charge in [0.25, 0.3) is 0 Å². The van der Waals surface area contributed by atoms with E-state index in [1.54, 1.807) is 4.90 Å². The molecule has 0 saturated carbocycles. The number of fused-ring (bicyclic) bond motifs is 1. The minimum atomic E-state index is -0.0557. The van der Waals surface area contributed by atoms with Crippen molar-refractivity contribution >= 4 is 5.91 Å². The van der Waals surface area contributed by atoms with Crippen molar-refractivity contribution in [2.45, 2.75) is 51.2 Å². The molecular formula is C17H23NO3. The van der Waals surface area contributed by atoms with Crippen LogP contribution in [-0.4, -0.2) is 30.1 Å². The second-order valence-corrected chi connectivity index (χ2v) is 5.93. The van der Waals surface area contributed by atoms with Gasteiger partial charge in [-0.25, -0.2) is 0 Å². The highest BCUT2D eigenvalue weighted by molar-refractivity contribution is 5.86. The number of hydrogen-bond donors (Lipinski definition) is 0. The van der Waals surface area contributed by atoms with Gasteiger partial charge in [0.05, 0.1) is 12.6 Å². The standard InChI is InChI=1S/C17H23NO3/c1-2-17(19)18(11-14-7-5-9-20-14)12-15-10-13-6-3-4-8-16(13)21-15/h2,10,14H,1,3-9,11-12H2. The van der Waals surface area contributed by atoms with E-state index in [1.165, 1.54) is 24.5 Å². The molecule has 1 unspecified atom stereocenters. The first-order valence-corrected chi connectivity index (χ1v) is 7.89. The number of carbonyl (C=O) groups excluding carboxylic acids is 1. The summed E-state index contributed by atoms with van der Waals surface area (Å²) in [5, 5.41) is 0. The Morgan fingerprint density at radius 2 is 2.24 bits per heavy atom. The van der Waals surface area contributed by atoms with Crippen LogP contribution in [0.3, 0.4) is 0 Å². The lowest BCUT2D eigenvalue weighted by Gasteiger charge is -2.23. The van der Waals surface area contributed by atoms with Gasteiger partial charge < -0.3 is 14.1 Å². The Hall–Kier alpha value is -1.55. The Bertz CT molecular complexity index is 491. The monoisotopic (exact) mass is 289 g/mol. The molecule has 4 nitrogen and oxygen atoms in total. The molecule has 1 aromatic heterocycles. The summed E-state index contributed by atoms with van der Waals surface area (Å²) in [4.78, 5) is 13.8. The zero-order chi connectivity index (χ0) is 14.7. The van der Waals surface area contributed by atoms with Gasteiger partial charge >= 0.3 is 0 Å². The van der Waals surface area contributed by atoms with Gasteiger partial charge in [0.2, 0.25) is 5.91 Å². The largest absolute Gasteiger partial charge is 0.464 e. The summed E-state index contributed by atoms with van der Waals surface area (Å²) in [6.45, 7) is 5.53. The van der Waals surface area contributed by atoms with Gasteiger partial charge in [0.15, 0.2) is 0 Å². The molecule has 114 valence electrons. The number of carbonyl (C=O) groups is 1. The third-order valence-corrected chi connectivity index (χ3v) is 4.33. The molecule has 0 N–H and O–H groups in total. The second kappa shape index (κ2) is 6.48. The van der Waals surface area contributed by atoms with Gasteiger partial charge in [-0.15, -0.1) is 0 Å². The Morgan fingerprint density at radius 1 is 1.38 bits per heavy atom. The maximum atomic E-state index is 12.1. The summed E-state index contributed by atoms with van der Waals surface area (Å²) in [5.41, 5.74) is 1.32. The average molecular weight is 289 g/mol. The number of nitrogens with zero attached hydrogens (tertiary/aromatic N) is 1. The number of ether oxygens (including phenoxy) is 1. The molecule has 4 heteroatoms. The van der Waals surface area contributed by atoms with Gasteiger partial charge in [-0.3, -0.25) is 4.79 Å². The molecule has 0 radical (unpaired) electrons. The van der Waals surface area contributed by atoms with E-state index in [4.69, 9.17) is 9.15 Å². The molecule has 0 spiro atoms. The van der Waals surface area contributed by atoms with E-state index < -0.39 is 0 Å². The molecule has 1 aromatic rings. The Morgan fingerprint density at radius 3 is 2.95 bits per heavy atom. The first-order chi connectivity index (χ1) is 10.3. The number of amides is 1. The van der Waals surface area contributed by atoms with Crippen molar-refractivity contribution in [3.63, 3.8) is 0 Å². The van der Waals surface area contributed by atoms with Crippen LogP contribution in [0.15, 0.2) is 23.1 Å². The van der Waals surface area contributed by atoms with E-state index >= 15 is 0 Å². The van der Waals surface area contributed by atoms with E-state index in [0.29, 0.717) is 13.1 Å². The highest BCUT2D eigenvalue weighted by Crippen LogP contribution is 2.25. The zero-order valence-electron chi connectivity index (χ0n) is 12.5. The minimum Gasteiger partial charge on any atom is -0.464 e. The van der Waals surface area contributed by atoms with E-state index in [-0.39, 0.29) is 12.0 Å². The molecule has 0 aromatic carbocycles. The smallest absolute Gasteiger partial charge is 0.246 e. The summed E-state index contributed by atoms with van der Waals surface area (Å²) in [5.74, 6) is 1.94. The highest BCUT2D eigenvalue weighted by Gasteiger charge is 2.23. The van der Waals surface area contributed by atoms with Crippen LogP contribution in [0.2, 0.25) is 0 Å². The van der Waals surface area contributed by atoms with E-state index in [0.717, 1.165) is 43.8 Å². The van der Waals surface area contributed by atoms with Crippen molar-refractivity contribution < 1.29 is 13.9 Å². The predicted molar refractivity (Wildman–Crippen MR) is 79.9 cm³/mol. The van der Waals surface area contributed by atoms with E-state index in [2.05, 4.69) is 12.6 Å². The van der Waals surface area contributed by atoms with Crippen molar-refractivity contribution in [2.24, 2.45) is 0 Å². The fourth-order valence-corrected chi connectivity index (χ4v) is 3.21. The van der Waals surface area contributed by atoms with Crippen LogP contribution in [-0.2, 0) is 28.9 Å². The minimum absolute atomic E-state index is 0.0557. The molecule has 1 atom stereocenters. The summed E-state index contributed by atoms with van der Waals surface area (Å²) >= 11 is 0. The molecule has 0 bridgehead atoms. The van der Waals surface area contributed by atoms with Gasteiger partial charge in [0.1, 0.15) is 11.5 Å². The predicted octanol–water partition coefficient (Wildman–Crippen LogP) is 2.85. The van der Waals surface area contributed by atoms with Crippen molar-refractivity contribution in [3.8, 4) is 0 Å². The van der Waals surface area contributed by atoms with Gasteiger partial charge in [0, 0.05) is 19.6 Å². The van der Waals surface area contributed by atoms with Crippen LogP contribution in [0, 0.1) is 0 Å². The third kappa shape index (κ3) is 3.38. The molecule has 2 heterocycles. The molecule has 3 rings (SSSR count). The summed E-state index contributed by atoms with van der Waals surface area (Å²) in [6, 6.07) is 2.12. The topological polar surface area (TPSA) is 42.7 Å². The van der Waals surface area contributed by atoms with Crippen molar-refractivity contribution in [1.29, 1.82) is 0 Å². The molecule has 21 heavy (non-hydrogen) atoms. The lowest BCUT2D eigenvalue weighted by molar-refractivity contribution is -0.128. The molecule has 1 amide bonds. The van der Waals surface area contributed by atoms with Crippen LogP contribution >= 0.6 is 0 Å². The maximum Gasteiger partial charge on any atom is 0.246 e. The van der Waals surface area contributed by atoms with Gasteiger partial charge in [-0.1, -0.05) is 6.58 Å². The third-order valence-electron chi connectivity index (χ3n) is 4.33. The molecule has 1 aliphatic carbocycles. The lowest BCUT2D eigenvalue weighted by atomic mass is 9.99. The van der Waals surface area contributed by atoms with E-state index in [9.17, 15) is 4.79 Å². The van der Waals surface area contributed by atoms with Crippen LogP contribution in [0.25, 0.3) is 0 Å². The summed E-state index contributed by atoms with van der Waals surface area (Å²) in [7, 11) is 0. The first-order valence-electron chi connectivity index (χ1n) is 7.89. The highest BCUT2D eigenvalue weighted by atomic mass is 16.5. The lowest BCUT2D eigenvalue weighted by Crippen LogP contribution is -2.35. The Balaban J connectivity index is 1.69. The molecule has 1 aliphatic heterocycles. The molecule has 1 fully saturated rings. The van der Waals surface area contributed by atoms with Crippen molar-refractivity contribution in [2.75, 3.05) is 13.2 Å². The normalized spacial score (nSPS) is 21.0. The van der Waals surface area contributed by atoms with Crippen LogP contribution in [0.1, 0.15) is 42.8 Å². The Labute approximate surface area is 125 Å². The van der Waals surface area contributed by atoms with Crippen molar-refractivity contribution in [1.82, 2.24) is 4.90 Å². The number of rotatable bonds is 5. The zero-order valence-corrected chi connectivity index (χ0v) is 12.5. The van der Waals surface area contributed by atoms with Gasteiger partial charge in [-0.05, 0) is 49.8 Å². The number of furan rings is 1. The SMILES string of the molecule is C=CC(=O)N(Cc1cc2c(o1)CCCC2)CC1CCCO1. The average Bonchev–Trinajstić information content (AvgIpc) is 3.14. The molecule has 2 aliphatic rings. The van der Waals surface area contributed by atoms with Crippen LogP contribution in [0.4, 0.5) is 0 Å². The number of hydrogen-bond acceptors (Lipinski definition) is 3. The van der Waals surface area contributed by atoms with Crippen LogP contribution in [0.5, 0.6) is 0 Å². The van der Waals surface area contributed by atoms with Crippen molar-refractivity contribution in [3.05, 3.63) is 35.8 Å². The number of aryl methyl sites for hydroxylation is 2. The first kappa shape index (κ1) is 14.4. The summed E-state index contributed by atoms with van der Waals surface area (Å²) < 4.78 is 11.6. The fourth-order valence-electron chi connectivity index (χ4n) is 3.21. The quantitative estimate of drug-likeness (QED) is 0.783. The second-order valence-electron chi connectivity index (χ2n) is 5.93. The van der Waals surface area contributed by atoms with Crippen LogP contribution < -0.4 is 0 Å². The fraction of sp³-hybridized carbons (Fsp3) is 0.588. The van der Waals surface area contributed by atoms with Gasteiger partial charge in [-0.2, -0.15) is 0 Å². The molecular weight excluding hydrogens is 266 g/mol. The van der Waals surface area contributed by atoms with E-state index in [1.807, 2.05) is 0 Å². The maximum absolute atomic E-state index is 12.1. The summed E-state index contributed by atoms with van der Waals surface area (Å²) in [6.07, 6.45) is 8.18. The Kier molecular flexibility index (Phi) is 4.44.